The SMILES string of the molecule is CCc1c(C)nc(-c2ccc3ncccc3c2)nc1N. The van der Waals surface area contributed by atoms with E-state index in [2.05, 4.69) is 21.9 Å². The van der Waals surface area contributed by atoms with E-state index in [0.717, 1.165) is 34.1 Å². The van der Waals surface area contributed by atoms with Gasteiger partial charge in [0.1, 0.15) is 5.82 Å². The van der Waals surface area contributed by atoms with Gasteiger partial charge in [0.2, 0.25) is 0 Å². The molecule has 0 fully saturated rings. The molecule has 3 aromatic rings. The lowest BCUT2D eigenvalue weighted by Gasteiger charge is -2.09. The van der Waals surface area contributed by atoms with Crippen molar-refractivity contribution >= 4 is 16.7 Å². The van der Waals surface area contributed by atoms with E-state index in [4.69, 9.17) is 5.73 Å². The lowest BCUT2D eigenvalue weighted by molar-refractivity contribution is 1.01. The Labute approximate surface area is 117 Å². The zero-order valence-corrected chi connectivity index (χ0v) is 11.6. The Hall–Kier alpha value is -2.49. The van der Waals surface area contributed by atoms with Crippen molar-refractivity contribution in [2.75, 3.05) is 5.73 Å². The van der Waals surface area contributed by atoms with Crippen LogP contribution >= 0.6 is 0 Å². The van der Waals surface area contributed by atoms with Crippen molar-refractivity contribution in [2.24, 2.45) is 0 Å². The molecule has 3 rings (SSSR count). The molecule has 0 aliphatic rings. The highest BCUT2D eigenvalue weighted by molar-refractivity contribution is 5.83. The van der Waals surface area contributed by atoms with Crippen LogP contribution in [-0.2, 0) is 6.42 Å². The lowest BCUT2D eigenvalue weighted by Crippen LogP contribution is -2.04. The normalized spacial score (nSPS) is 10.9. The number of hydrogen-bond donors (Lipinski definition) is 1. The zero-order chi connectivity index (χ0) is 14.1. The minimum Gasteiger partial charge on any atom is -0.383 e. The molecule has 2 aromatic heterocycles. The van der Waals surface area contributed by atoms with Gasteiger partial charge in [0, 0.05) is 28.4 Å². The van der Waals surface area contributed by atoms with E-state index in [9.17, 15) is 0 Å². The van der Waals surface area contributed by atoms with Gasteiger partial charge in [0.15, 0.2) is 5.82 Å². The van der Waals surface area contributed by atoms with Crippen LogP contribution in [0.5, 0.6) is 0 Å². The third-order valence-electron chi connectivity index (χ3n) is 3.46. The number of nitrogens with zero attached hydrogens (tertiary/aromatic N) is 3. The van der Waals surface area contributed by atoms with Crippen molar-refractivity contribution in [3.8, 4) is 11.4 Å². The van der Waals surface area contributed by atoms with Crippen molar-refractivity contribution in [2.45, 2.75) is 20.3 Å². The van der Waals surface area contributed by atoms with Crippen LogP contribution in [0.4, 0.5) is 5.82 Å². The first kappa shape index (κ1) is 12.5. The molecule has 0 saturated heterocycles. The van der Waals surface area contributed by atoms with Crippen LogP contribution < -0.4 is 5.73 Å². The standard InChI is InChI=1S/C16H16N4/c1-3-13-10(2)19-16(20-15(13)17)12-6-7-14-11(9-12)5-4-8-18-14/h4-9H,3H2,1-2H3,(H2,17,19,20). The van der Waals surface area contributed by atoms with Crippen LogP contribution in [0.2, 0.25) is 0 Å². The zero-order valence-electron chi connectivity index (χ0n) is 11.6. The summed E-state index contributed by atoms with van der Waals surface area (Å²) in [7, 11) is 0. The largest absolute Gasteiger partial charge is 0.383 e. The van der Waals surface area contributed by atoms with Crippen molar-refractivity contribution in [3.05, 3.63) is 47.8 Å². The second-order valence-electron chi connectivity index (χ2n) is 4.76. The molecule has 0 spiro atoms. The van der Waals surface area contributed by atoms with Crippen LogP contribution in [0, 0.1) is 6.92 Å². The number of fused-ring (bicyclic) bond motifs is 1. The second kappa shape index (κ2) is 4.89. The summed E-state index contributed by atoms with van der Waals surface area (Å²) in [4.78, 5) is 13.3. The highest BCUT2D eigenvalue weighted by Crippen LogP contribution is 2.23. The van der Waals surface area contributed by atoms with Crippen LogP contribution in [0.25, 0.3) is 22.3 Å². The van der Waals surface area contributed by atoms with E-state index in [-0.39, 0.29) is 0 Å². The molecule has 2 N–H and O–H groups in total. The van der Waals surface area contributed by atoms with Crippen LogP contribution in [-0.4, -0.2) is 15.0 Å². The first-order chi connectivity index (χ1) is 9.69. The summed E-state index contributed by atoms with van der Waals surface area (Å²) in [5.74, 6) is 1.24. The van der Waals surface area contributed by atoms with Crippen molar-refractivity contribution in [3.63, 3.8) is 0 Å². The predicted octanol–water partition coefficient (Wildman–Crippen LogP) is 3.14. The number of rotatable bonds is 2. The molecule has 0 atom stereocenters. The van der Waals surface area contributed by atoms with Gasteiger partial charge in [-0.25, -0.2) is 9.97 Å². The van der Waals surface area contributed by atoms with E-state index in [1.807, 2.05) is 37.3 Å². The minimum absolute atomic E-state index is 0.571. The fourth-order valence-corrected chi connectivity index (χ4v) is 2.40. The number of benzene rings is 1. The molecule has 0 amide bonds. The van der Waals surface area contributed by atoms with E-state index in [1.54, 1.807) is 6.20 Å². The molecular formula is C16H16N4. The number of nitrogen functional groups attached to an aromatic ring is 1. The van der Waals surface area contributed by atoms with Gasteiger partial charge in [-0.1, -0.05) is 13.0 Å². The van der Waals surface area contributed by atoms with Crippen molar-refractivity contribution in [1.82, 2.24) is 15.0 Å². The summed E-state index contributed by atoms with van der Waals surface area (Å²) in [6.45, 7) is 4.03. The van der Waals surface area contributed by atoms with E-state index in [1.165, 1.54) is 0 Å². The molecule has 0 saturated carbocycles. The smallest absolute Gasteiger partial charge is 0.161 e. The Balaban J connectivity index is 2.15. The quantitative estimate of drug-likeness (QED) is 0.772. The molecule has 100 valence electrons. The highest BCUT2D eigenvalue weighted by Gasteiger charge is 2.09. The Kier molecular flexibility index (Phi) is 3.06. The monoisotopic (exact) mass is 264 g/mol. The lowest BCUT2D eigenvalue weighted by atomic mass is 10.1. The molecule has 2 heterocycles. The summed E-state index contributed by atoms with van der Waals surface area (Å²) < 4.78 is 0. The first-order valence-electron chi connectivity index (χ1n) is 6.67. The summed E-state index contributed by atoms with van der Waals surface area (Å²) in [5.41, 5.74) is 9.91. The van der Waals surface area contributed by atoms with Crippen LogP contribution in [0.15, 0.2) is 36.5 Å². The third kappa shape index (κ3) is 2.09. The first-order valence-corrected chi connectivity index (χ1v) is 6.67. The second-order valence-corrected chi connectivity index (χ2v) is 4.76. The predicted molar refractivity (Wildman–Crippen MR) is 81.3 cm³/mol. The summed E-state index contributed by atoms with van der Waals surface area (Å²) in [6.07, 6.45) is 2.64. The average molecular weight is 264 g/mol. The molecular weight excluding hydrogens is 248 g/mol. The molecule has 4 heteroatoms. The molecule has 0 aliphatic carbocycles. The topological polar surface area (TPSA) is 64.7 Å². The summed E-state index contributed by atoms with van der Waals surface area (Å²) >= 11 is 0. The number of aryl methyl sites for hydroxylation is 1. The van der Waals surface area contributed by atoms with Gasteiger partial charge in [0.25, 0.3) is 0 Å². The van der Waals surface area contributed by atoms with Gasteiger partial charge in [-0.05, 0) is 37.6 Å². The molecule has 0 unspecified atom stereocenters. The van der Waals surface area contributed by atoms with Gasteiger partial charge in [0.05, 0.1) is 5.52 Å². The molecule has 4 nitrogen and oxygen atoms in total. The Morgan fingerprint density at radius 1 is 1.15 bits per heavy atom. The fraction of sp³-hybridized carbons (Fsp3) is 0.188. The molecule has 0 aliphatic heterocycles. The van der Waals surface area contributed by atoms with Gasteiger partial charge in [-0.3, -0.25) is 4.98 Å². The van der Waals surface area contributed by atoms with Gasteiger partial charge in [-0.2, -0.15) is 0 Å². The number of aromatic nitrogens is 3. The van der Waals surface area contributed by atoms with E-state index in [0.29, 0.717) is 11.6 Å². The van der Waals surface area contributed by atoms with E-state index >= 15 is 0 Å². The number of anilines is 1. The summed E-state index contributed by atoms with van der Waals surface area (Å²) in [5, 5.41) is 1.07. The third-order valence-corrected chi connectivity index (χ3v) is 3.46. The molecule has 0 radical (unpaired) electrons. The minimum atomic E-state index is 0.571. The van der Waals surface area contributed by atoms with Gasteiger partial charge < -0.3 is 5.73 Å². The van der Waals surface area contributed by atoms with Gasteiger partial charge in [-0.15, -0.1) is 0 Å². The Morgan fingerprint density at radius 2 is 2.00 bits per heavy atom. The average Bonchev–Trinajstić information content (AvgIpc) is 2.46. The van der Waals surface area contributed by atoms with Gasteiger partial charge >= 0.3 is 0 Å². The van der Waals surface area contributed by atoms with E-state index < -0.39 is 0 Å². The molecule has 0 bridgehead atoms. The highest BCUT2D eigenvalue weighted by atomic mass is 15.0. The number of hydrogen-bond acceptors (Lipinski definition) is 4. The molecule has 1 aromatic carbocycles. The Morgan fingerprint density at radius 3 is 2.75 bits per heavy atom. The maximum Gasteiger partial charge on any atom is 0.161 e. The maximum absolute atomic E-state index is 6.02. The van der Waals surface area contributed by atoms with Crippen LogP contribution in [0.3, 0.4) is 0 Å². The van der Waals surface area contributed by atoms with Crippen molar-refractivity contribution in [1.29, 1.82) is 0 Å². The number of nitrogens with two attached hydrogens (primary N) is 1. The van der Waals surface area contributed by atoms with Crippen LogP contribution in [0.1, 0.15) is 18.2 Å². The summed E-state index contributed by atoms with van der Waals surface area (Å²) in [6, 6.07) is 9.96. The number of pyridine rings is 1. The Bertz CT molecular complexity index is 757. The van der Waals surface area contributed by atoms with Crippen molar-refractivity contribution < 1.29 is 0 Å². The fourth-order valence-electron chi connectivity index (χ4n) is 2.40. The molecule has 20 heavy (non-hydrogen) atoms. The maximum atomic E-state index is 6.02.